The van der Waals surface area contributed by atoms with Gasteiger partial charge < -0.3 is 15.0 Å². The minimum atomic E-state index is 0.910. The SMILES string of the molecule is CNCCCN(C)c1cccc(OC)c1. The lowest BCUT2D eigenvalue weighted by molar-refractivity contribution is 0.415. The number of benzene rings is 1. The summed E-state index contributed by atoms with van der Waals surface area (Å²) in [7, 11) is 5.77. The summed E-state index contributed by atoms with van der Waals surface area (Å²) >= 11 is 0. The second-order valence-electron chi connectivity index (χ2n) is 3.58. The molecule has 0 atom stereocenters. The number of nitrogens with one attached hydrogen (secondary N) is 1. The maximum absolute atomic E-state index is 5.19. The van der Waals surface area contributed by atoms with Crippen molar-refractivity contribution < 1.29 is 4.74 Å². The smallest absolute Gasteiger partial charge is 0.120 e. The van der Waals surface area contributed by atoms with Gasteiger partial charge in [0.05, 0.1) is 7.11 Å². The molecule has 0 aliphatic heterocycles. The Labute approximate surface area is 92.0 Å². The number of rotatable bonds is 6. The van der Waals surface area contributed by atoms with Gasteiger partial charge in [0.15, 0.2) is 0 Å². The fourth-order valence-corrected chi connectivity index (χ4v) is 1.47. The van der Waals surface area contributed by atoms with E-state index in [9.17, 15) is 0 Å². The quantitative estimate of drug-likeness (QED) is 0.721. The van der Waals surface area contributed by atoms with Crippen molar-refractivity contribution in [3.63, 3.8) is 0 Å². The lowest BCUT2D eigenvalue weighted by atomic mass is 10.2. The standard InChI is InChI=1S/C12H20N2O/c1-13-8-5-9-14(2)11-6-4-7-12(10-11)15-3/h4,6-7,10,13H,5,8-9H2,1-3H3. The number of hydrogen-bond donors (Lipinski definition) is 1. The van der Waals surface area contributed by atoms with E-state index >= 15 is 0 Å². The molecule has 84 valence electrons. The summed E-state index contributed by atoms with van der Waals surface area (Å²) in [4.78, 5) is 2.24. The first-order valence-electron chi connectivity index (χ1n) is 5.27. The predicted octanol–water partition coefficient (Wildman–Crippen LogP) is 1.74. The molecule has 0 aromatic heterocycles. The fraction of sp³-hybridized carbons (Fsp3) is 0.500. The van der Waals surface area contributed by atoms with Gasteiger partial charge in [-0.15, -0.1) is 0 Å². The molecule has 1 N–H and O–H groups in total. The molecule has 0 aliphatic carbocycles. The van der Waals surface area contributed by atoms with Crippen LogP contribution in [0.1, 0.15) is 6.42 Å². The molecule has 3 nitrogen and oxygen atoms in total. The molecule has 0 radical (unpaired) electrons. The van der Waals surface area contributed by atoms with Crippen LogP contribution in [0.15, 0.2) is 24.3 Å². The number of nitrogens with zero attached hydrogens (tertiary/aromatic N) is 1. The minimum Gasteiger partial charge on any atom is -0.497 e. The average Bonchev–Trinajstić information content (AvgIpc) is 2.29. The zero-order chi connectivity index (χ0) is 11.1. The summed E-state index contributed by atoms with van der Waals surface area (Å²) in [5, 5.41) is 3.15. The fourth-order valence-electron chi connectivity index (χ4n) is 1.47. The summed E-state index contributed by atoms with van der Waals surface area (Å²) in [6.07, 6.45) is 1.14. The van der Waals surface area contributed by atoms with Gasteiger partial charge in [-0.05, 0) is 32.1 Å². The molecule has 0 spiro atoms. The van der Waals surface area contributed by atoms with Gasteiger partial charge in [0.2, 0.25) is 0 Å². The van der Waals surface area contributed by atoms with Gasteiger partial charge in [-0.25, -0.2) is 0 Å². The van der Waals surface area contributed by atoms with E-state index in [1.54, 1.807) is 7.11 Å². The molecular formula is C12H20N2O. The normalized spacial score (nSPS) is 10.1. The van der Waals surface area contributed by atoms with Gasteiger partial charge in [-0.3, -0.25) is 0 Å². The summed E-state index contributed by atoms with van der Waals surface area (Å²) in [5.41, 5.74) is 1.20. The Morgan fingerprint density at radius 3 is 2.87 bits per heavy atom. The molecule has 0 aliphatic rings. The Balaban J connectivity index is 2.52. The van der Waals surface area contributed by atoms with Gasteiger partial charge >= 0.3 is 0 Å². The summed E-state index contributed by atoms with van der Waals surface area (Å²) in [5.74, 6) is 0.910. The van der Waals surface area contributed by atoms with Crippen molar-refractivity contribution in [2.24, 2.45) is 0 Å². The summed E-state index contributed by atoms with van der Waals surface area (Å²) in [6.45, 7) is 2.10. The van der Waals surface area contributed by atoms with E-state index < -0.39 is 0 Å². The number of hydrogen-bond acceptors (Lipinski definition) is 3. The second kappa shape index (κ2) is 6.30. The topological polar surface area (TPSA) is 24.5 Å². The highest BCUT2D eigenvalue weighted by Crippen LogP contribution is 2.19. The first-order chi connectivity index (χ1) is 7.27. The molecule has 1 rings (SSSR count). The van der Waals surface area contributed by atoms with E-state index in [4.69, 9.17) is 4.74 Å². The van der Waals surface area contributed by atoms with Crippen molar-refractivity contribution in [1.29, 1.82) is 0 Å². The van der Waals surface area contributed by atoms with Gasteiger partial charge in [0.25, 0.3) is 0 Å². The monoisotopic (exact) mass is 208 g/mol. The van der Waals surface area contributed by atoms with Crippen LogP contribution in [0.4, 0.5) is 5.69 Å². The third kappa shape index (κ3) is 3.80. The van der Waals surface area contributed by atoms with E-state index in [2.05, 4.69) is 29.4 Å². The highest BCUT2D eigenvalue weighted by molar-refractivity contribution is 5.49. The van der Waals surface area contributed by atoms with Crippen LogP contribution in [0.3, 0.4) is 0 Å². The Hall–Kier alpha value is -1.22. The van der Waals surface area contributed by atoms with Gasteiger partial charge in [0.1, 0.15) is 5.75 Å². The average molecular weight is 208 g/mol. The molecule has 3 heteroatoms. The lowest BCUT2D eigenvalue weighted by Crippen LogP contribution is -2.22. The van der Waals surface area contributed by atoms with Gasteiger partial charge in [-0.2, -0.15) is 0 Å². The van der Waals surface area contributed by atoms with Gasteiger partial charge in [-0.1, -0.05) is 6.07 Å². The summed E-state index contributed by atoms with van der Waals surface area (Å²) < 4.78 is 5.19. The number of ether oxygens (including phenoxy) is 1. The Morgan fingerprint density at radius 1 is 1.40 bits per heavy atom. The van der Waals surface area contributed by atoms with Crippen LogP contribution in [0.5, 0.6) is 5.75 Å². The van der Waals surface area contributed by atoms with Crippen molar-refractivity contribution in [3.8, 4) is 5.75 Å². The van der Waals surface area contributed by atoms with Gasteiger partial charge in [0, 0.05) is 25.3 Å². The molecule has 1 aromatic carbocycles. The molecule has 0 heterocycles. The highest BCUT2D eigenvalue weighted by Gasteiger charge is 2.01. The van der Waals surface area contributed by atoms with Crippen LogP contribution in [0.2, 0.25) is 0 Å². The van der Waals surface area contributed by atoms with Crippen LogP contribution in [-0.2, 0) is 0 Å². The first kappa shape index (κ1) is 11.9. The summed E-state index contributed by atoms with van der Waals surface area (Å²) in [6, 6.07) is 8.13. The second-order valence-corrected chi connectivity index (χ2v) is 3.58. The van der Waals surface area contributed by atoms with Crippen molar-refractivity contribution in [2.75, 3.05) is 39.2 Å². The maximum atomic E-state index is 5.19. The van der Waals surface area contributed by atoms with E-state index in [1.807, 2.05) is 19.2 Å². The molecule has 15 heavy (non-hydrogen) atoms. The van der Waals surface area contributed by atoms with E-state index in [1.165, 1.54) is 5.69 Å². The molecule has 0 unspecified atom stereocenters. The first-order valence-corrected chi connectivity index (χ1v) is 5.27. The largest absolute Gasteiger partial charge is 0.497 e. The van der Waals surface area contributed by atoms with E-state index in [0.29, 0.717) is 0 Å². The molecule has 0 saturated heterocycles. The van der Waals surface area contributed by atoms with E-state index in [0.717, 1.165) is 25.3 Å². The van der Waals surface area contributed by atoms with Crippen LogP contribution < -0.4 is 15.0 Å². The lowest BCUT2D eigenvalue weighted by Gasteiger charge is -2.19. The zero-order valence-electron chi connectivity index (χ0n) is 9.79. The third-order valence-electron chi connectivity index (χ3n) is 2.41. The van der Waals surface area contributed by atoms with Crippen molar-refractivity contribution >= 4 is 5.69 Å². The van der Waals surface area contributed by atoms with Crippen LogP contribution in [0, 0.1) is 0 Å². The van der Waals surface area contributed by atoms with Crippen LogP contribution in [-0.4, -0.2) is 34.3 Å². The van der Waals surface area contributed by atoms with Crippen molar-refractivity contribution in [3.05, 3.63) is 24.3 Å². The molecule has 0 saturated carbocycles. The van der Waals surface area contributed by atoms with Crippen molar-refractivity contribution in [2.45, 2.75) is 6.42 Å². The van der Waals surface area contributed by atoms with Crippen molar-refractivity contribution in [1.82, 2.24) is 5.32 Å². The number of anilines is 1. The molecule has 0 fully saturated rings. The van der Waals surface area contributed by atoms with Crippen LogP contribution in [0.25, 0.3) is 0 Å². The Morgan fingerprint density at radius 2 is 2.20 bits per heavy atom. The molecule has 1 aromatic rings. The predicted molar refractivity (Wildman–Crippen MR) is 64.8 cm³/mol. The van der Waals surface area contributed by atoms with Crippen LogP contribution >= 0.6 is 0 Å². The van der Waals surface area contributed by atoms with E-state index in [-0.39, 0.29) is 0 Å². The zero-order valence-corrected chi connectivity index (χ0v) is 9.79. The molecule has 0 bridgehead atoms. The number of methoxy groups -OCH3 is 1. The molecular weight excluding hydrogens is 188 g/mol. The minimum absolute atomic E-state index is 0.910. The third-order valence-corrected chi connectivity index (χ3v) is 2.41. The molecule has 0 amide bonds. The Kier molecular flexibility index (Phi) is 4.98. The Bertz CT molecular complexity index is 289. The highest BCUT2D eigenvalue weighted by atomic mass is 16.5. The maximum Gasteiger partial charge on any atom is 0.120 e.